The predicted molar refractivity (Wildman–Crippen MR) is 80.3 cm³/mol. The Hall–Kier alpha value is -1.12. The molecule has 19 heavy (non-hydrogen) atoms. The van der Waals surface area contributed by atoms with Gasteiger partial charge in [0.25, 0.3) is 0 Å². The van der Waals surface area contributed by atoms with Crippen molar-refractivity contribution in [1.82, 2.24) is 0 Å². The Balaban J connectivity index is 2.59. The van der Waals surface area contributed by atoms with E-state index in [-0.39, 0.29) is 0 Å². The molecule has 1 aliphatic heterocycles. The Labute approximate surface area is 118 Å². The van der Waals surface area contributed by atoms with Gasteiger partial charge in [-0.1, -0.05) is 51.4 Å². The fourth-order valence-corrected chi connectivity index (χ4v) is 8.75. The second kappa shape index (κ2) is 5.10. The number of unbranched alkanes of at least 4 members (excludes halogenated alkanes) is 1. The molecule has 0 saturated heterocycles. The molecule has 102 valence electrons. The van der Waals surface area contributed by atoms with E-state index >= 15 is 0 Å². The number of thiocyanates is 1. The van der Waals surface area contributed by atoms with Crippen molar-refractivity contribution in [2.24, 2.45) is 0 Å². The van der Waals surface area contributed by atoms with Gasteiger partial charge in [0, 0.05) is 4.90 Å². The van der Waals surface area contributed by atoms with E-state index in [0.717, 1.165) is 23.3 Å². The van der Waals surface area contributed by atoms with Crippen LogP contribution in [0.3, 0.4) is 0 Å². The summed E-state index contributed by atoms with van der Waals surface area (Å²) in [4.78, 5) is 12.8. The summed E-state index contributed by atoms with van der Waals surface area (Å²) in [6.07, 6.45) is 1.87. The molecule has 2 unspecified atom stereocenters. The number of fused-ring (bicyclic) bond motifs is 1. The number of carbonyl (C=O) groups is 1. The Kier molecular flexibility index (Phi) is 3.84. The first-order chi connectivity index (χ1) is 9.02. The van der Waals surface area contributed by atoms with Crippen LogP contribution >= 0.6 is 19.9 Å². The minimum atomic E-state index is -1.94. The van der Waals surface area contributed by atoms with Crippen LogP contribution < -0.4 is 0 Å². The zero-order chi connectivity index (χ0) is 14.1. The average molecular weight is 295 g/mol. The fourth-order valence-electron chi connectivity index (χ4n) is 2.35. The highest BCUT2D eigenvalue weighted by molar-refractivity contribution is 8.97. The van der Waals surface area contributed by atoms with Crippen molar-refractivity contribution in [3.8, 4) is 5.40 Å². The van der Waals surface area contributed by atoms with Crippen molar-refractivity contribution in [2.45, 2.75) is 36.3 Å². The minimum absolute atomic E-state index is 0.683. The van der Waals surface area contributed by atoms with E-state index in [2.05, 4.69) is 12.3 Å². The van der Waals surface area contributed by atoms with E-state index in [1.807, 2.05) is 24.3 Å². The Morgan fingerprint density at radius 3 is 2.79 bits per heavy atom. The zero-order valence-electron chi connectivity index (χ0n) is 11.0. The maximum absolute atomic E-state index is 11.9. The normalized spacial score (nSPS) is 32.1. The molecular formula is C14H17NO2S2. The van der Waals surface area contributed by atoms with E-state index < -0.39 is 19.8 Å². The highest BCUT2D eigenvalue weighted by atomic mass is 33.2. The van der Waals surface area contributed by atoms with Crippen LogP contribution in [0.4, 0.5) is 0 Å². The van der Waals surface area contributed by atoms with Gasteiger partial charge in [-0.25, -0.2) is 0 Å². The van der Waals surface area contributed by atoms with Crippen LogP contribution in [0.5, 0.6) is 0 Å². The molecule has 2 rings (SSSR count). The molecule has 1 aromatic carbocycles. The minimum Gasteiger partial charge on any atom is -0.480 e. The first kappa shape index (κ1) is 14.3. The predicted octanol–water partition coefficient (Wildman–Crippen LogP) is 4.09. The van der Waals surface area contributed by atoms with Gasteiger partial charge in [-0.05, 0) is 30.7 Å². The van der Waals surface area contributed by atoms with E-state index in [1.165, 1.54) is 10.8 Å². The van der Waals surface area contributed by atoms with Gasteiger partial charge in [0.15, 0.2) is 0 Å². The van der Waals surface area contributed by atoms with Gasteiger partial charge in [-0.2, -0.15) is 5.26 Å². The Morgan fingerprint density at radius 2 is 2.21 bits per heavy atom. The second-order valence-electron chi connectivity index (χ2n) is 4.74. The van der Waals surface area contributed by atoms with Crippen LogP contribution in [-0.4, -0.2) is 16.8 Å². The smallest absolute Gasteiger partial charge is 0.324 e. The third kappa shape index (κ3) is 1.94. The lowest BCUT2D eigenvalue weighted by Crippen LogP contribution is -2.34. The molecule has 0 amide bonds. The number of nitriles is 1. The third-order valence-electron chi connectivity index (χ3n) is 3.63. The summed E-state index contributed by atoms with van der Waals surface area (Å²) < 4.78 is -1.06. The van der Waals surface area contributed by atoms with Crippen LogP contribution in [0.25, 0.3) is 0 Å². The Morgan fingerprint density at radius 1 is 1.53 bits per heavy atom. The van der Waals surface area contributed by atoms with Gasteiger partial charge in [-0.15, -0.1) is 0 Å². The molecule has 0 bridgehead atoms. The van der Waals surface area contributed by atoms with E-state index in [9.17, 15) is 15.2 Å². The van der Waals surface area contributed by atoms with Crippen LogP contribution in [0.15, 0.2) is 29.2 Å². The molecule has 0 radical (unpaired) electrons. The van der Waals surface area contributed by atoms with Crippen molar-refractivity contribution in [2.75, 3.05) is 5.75 Å². The topological polar surface area (TPSA) is 61.1 Å². The maximum Gasteiger partial charge on any atom is 0.324 e. The first-order valence-electron chi connectivity index (χ1n) is 6.25. The van der Waals surface area contributed by atoms with Gasteiger partial charge in [-0.3, -0.25) is 4.79 Å². The highest BCUT2D eigenvalue weighted by Gasteiger charge is 2.57. The number of benzene rings is 1. The van der Waals surface area contributed by atoms with Crippen LogP contribution in [0.2, 0.25) is 0 Å². The summed E-state index contributed by atoms with van der Waals surface area (Å²) in [6.45, 7) is 3.79. The average Bonchev–Trinajstić information content (AvgIpc) is 2.68. The van der Waals surface area contributed by atoms with E-state index in [4.69, 9.17) is 0 Å². The third-order valence-corrected chi connectivity index (χ3v) is 10.4. The van der Waals surface area contributed by atoms with Gasteiger partial charge >= 0.3 is 5.97 Å². The van der Waals surface area contributed by atoms with Crippen LogP contribution in [-0.2, 0) is 9.54 Å². The number of rotatable bonds is 4. The molecule has 0 aromatic heterocycles. The van der Waals surface area contributed by atoms with Gasteiger partial charge < -0.3 is 5.11 Å². The van der Waals surface area contributed by atoms with Crippen LogP contribution in [0.1, 0.15) is 32.3 Å². The summed E-state index contributed by atoms with van der Waals surface area (Å²) in [5.74, 6) is -0.195. The largest absolute Gasteiger partial charge is 0.480 e. The summed E-state index contributed by atoms with van der Waals surface area (Å²) in [5.41, 5.74) is 0.806. The standard InChI is InChI=1S/C14H17NO2S2/c1-3-4-9-19(10-15)14(2,13(16)17)11-7-5-6-8-12(11)18-19/h5-8H,3-4,9H2,1-2H3,(H,16,17). The van der Waals surface area contributed by atoms with Crippen LogP contribution in [0, 0.1) is 10.7 Å². The summed E-state index contributed by atoms with van der Waals surface area (Å²) in [7, 11) is -0.437. The molecule has 3 nitrogen and oxygen atoms in total. The number of hydrogen-bond donors (Lipinski definition) is 1. The first-order valence-corrected chi connectivity index (χ1v) is 9.39. The monoisotopic (exact) mass is 295 g/mol. The van der Waals surface area contributed by atoms with Gasteiger partial charge in [0.05, 0.1) is 0 Å². The Bertz CT molecular complexity index is 555. The lowest BCUT2D eigenvalue weighted by atomic mass is 10.0. The van der Waals surface area contributed by atoms with Gasteiger partial charge in [0.2, 0.25) is 0 Å². The number of nitrogens with zero attached hydrogens (tertiary/aromatic N) is 1. The second-order valence-corrected chi connectivity index (χ2v) is 10.3. The molecule has 5 heteroatoms. The van der Waals surface area contributed by atoms with E-state index in [1.54, 1.807) is 6.92 Å². The molecule has 1 aromatic rings. The highest BCUT2D eigenvalue weighted by Crippen LogP contribution is 2.79. The van der Waals surface area contributed by atoms with Gasteiger partial charge in [0.1, 0.15) is 10.1 Å². The molecule has 0 aliphatic carbocycles. The summed E-state index contributed by atoms with van der Waals surface area (Å²) in [5, 5.41) is 21.8. The molecule has 0 saturated carbocycles. The quantitative estimate of drug-likeness (QED) is 0.671. The number of carboxylic acid groups (broad SMARTS) is 1. The van der Waals surface area contributed by atoms with Crippen molar-refractivity contribution >= 4 is 25.8 Å². The SMILES string of the molecule is CCCCS1(C#N)Sc2ccccc2C1(C)C(=O)O. The van der Waals surface area contributed by atoms with Crippen molar-refractivity contribution < 1.29 is 9.90 Å². The van der Waals surface area contributed by atoms with Crippen molar-refractivity contribution in [1.29, 1.82) is 5.26 Å². The fraction of sp³-hybridized carbons (Fsp3) is 0.429. The molecule has 1 heterocycles. The van der Waals surface area contributed by atoms with Crippen molar-refractivity contribution in [3.63, 3.8) is 0 Å². The molecule has 2 atom stereocenters. The maximum atomic E-state index is 11.9. The van der Waals surface area contributed by atoms with E-state index in [0.29, 0.717) is 5.75 Å². The molecule has 1 N–H and O–H groups in total. The molecule has 0 fully saturated rings. The number of carboxylic acids is 1. The summed E-state index contributed by atoms with van der Waals surface area (Å²) >= 11 is 0. The molecular weight excluding hydrogens is 278 g/mol. The number of hydrogen-bond acceptors (Lipinski definition) is 3. The molecule has 0 spiro atoms. The number of aliphatic carboxylic acids is 1. The lowest BCUT2D eigenvalue weighted by molar-refractivity contribution is -0.139. The molecule has 1 aliphatic rings. The summed E-state index contributed by atoms with van der Waals surface area (Å²) in [6, 6.07) is 7.54. The zero-order valence-corrected chi connectivity index (χ0v) is 12.7. The van der Waals surface area contributed by atoms with Crippen molar-refractivity contribution in [3.05, 3.63) is 29.8 Å². The lowest BCUT2D eigenvalue weighted by Gasteiger charge is -2.39.